The molecule has 13 heavy (non-hydrogen) atoms. The predicted octanol–water partition coefficient (Wildman–Crippen LogP) is -19.7. The van der Waals surface area contributed by atoms with Crippen LogP contribution in [0.3, 0.4) is 0 Å². The molecular weight excluding hydrogens is 666 g/mol. The molecule has 0 unspecified atom stereocenters. The van der Waals surface area contributed by atoms with Crippen LogP contribution in [-0.4, -0.2) is 0 Å². The summed E-state index contributed by atoms with van der Waals surface area (Å²) >= 11 is -12.0. The summed E-state index contributed by atoms with van der Waals surface area (Å²) in [5.74, 6) is 0. The van der Waals surface area contributed by atoms with Gasteiger partial charge in [-0.05, 0) is 0 Å². The standard InChI is InChI=1S/3IO3.Pr/c3*2-1(3)4;/q3*-1;+3. The fourth-order valence-corrected chi connectivity index (χ4v) is 0. The van der Waals surface area contributed by atoms with Gasteiger partial charge in [0.2, 0.25) is 0 Å². The van der Waals surface area contributed by atoms with E-state index in [9.17, 15) is 0 Å². The first kappa shape index (κ1) is 25.1. The molecule has 0 radical (unpaired) electrons. The minimum absolute atomic E-state index is 0. The van der Waals surface area contributed by atoms with E-state index in [-0.39, 0.29) is 41.3 Å². The maximum atomic E-state index is 8.57. The Morgan fingerprint density at radius 3 is 0.385 bits per heavy atom. The topological polar surface area (TPSA) is 208 Å². The van der Waals surface area contributed by atoms with E-state index in [2.05, 4.69) is 0 Å². The molecule has 0 aliphatic carbocycles. The van der Waals surface area contributed by atoms with Crippen molar-refractivity contribution in [3.8, 4) is 0 Å². The summed E-state index contributed by atoms with van der Waals surface area (Å²) in [7, 11) is 0. The van der Waals surface area contributed by atoms with Crippen LogP contribution in [0.25, 0.3) is 0 Å². The van der Waals surface area contributed by atoms with Crippen LogP contribution in [0.15, 0.2) is 0 Å². The van der Waals surface area contributed by atoms with E-state index in [1.54, 1.807) is 0 Å². The molecule has 0 fully saturated rings. The summed E-state index contributed by atoms with van der Waals surface area (Å²) in [4.78, 5) is 0. The van der Waals surface area contributed by atoms with Gasteiger partial charge in [-0.25, -0.2) is 0 Å². The largest absolute Gasteiger partial charge is 3.00 e. The molecule has 0 heterocycles. The Morgan fingerprint density at radius 1 is 0.385 bits per heavy atom. The first-order valence-electron chi connectivity index (χ1n) is 1.39. The van der Waals surface area contributed by atoms with Gasteiger partial charge >= 0.3 is 41.3 Å². The van der Waals surface area contributed by atoms with Gasteiger partial charge in [0.25, 0.3) is 63.2 Å². The van der Waals surface area contributed by atoms with Crippen LogP contribution >= 0.6 is 0 Å². The molecule has 0 spiro atoms. The molecule has 0 aromatic heterocycles. The maximum Gasteiger partial charge on any atom is 3.00 e. The van der Waals surface area contributed by atoms with Crippen LogP contribution in [-0.2, 0) is 0 Å². The summed E-state index contributed by atoms with van der Waals surface area (Å²) in [5, 5.41) is 0. The second-order valence-corrected chi connectivity index (χ2v) is 3.80. The molecule has 0 rings (SSSR count). The van der Waals surface area contributed by atoms with Crippen molar-refractivity contribution in [1.29, 1.82) is 0 Å². The average molecular weight is 666 g/mol. The number of rotatable bonds is 0. The smallest absolute Gasteiger partial charge is 0.427 e. The zero-order valence-electron chi connectivity index (χ0n) is 5.39. The summed E-state index contributed by atoms with van der Waals surface area (Å²) in [6.45, 7) is 0. The Bertz CT molecular complexity index is 43.4. The van der Waals surface area contributed by atoms with Crippen molar-refractivity contribution in [1.82, 2.24) is 0 Å². The van der Waals surface area contributed by atoms with E-state index in [4.69, 9.17) is 30.9 Å². The molecule has 78 valence electrons. The second-order valence-electron chi connectivity index (χ2n) is 0.567. The van der Waals surface area contributed by atoms with E-state index in [1.807, 2.05) is 0 Å². The van der Waals surface area contributed by atoms with Gasteiger partial charge in [0.05, 0.1) is 0 Å². The van der Waals surface area contributed by atoms with Crippen LogP contribution in [0.1, 0.15) is 0 Å². The van der Waals surface area contributed by atoms with E-state index >= 15 is 0 Å². The van der Waals surface area contributed by atoms with Crippen LogP contribution < -0.4 is 94.1 Å². The van der Waals surface area contributed by atoms with Crippen molar-refractivity contribution in [3.63, 3.8) is 0 Å². The van der Waals surface area contributed by atoms with E-state index in [0.717, 1.165) is 0 Å². The van der Waals surface area contributed by atoms with Gasteiger partial charge < -0.3 is 30.9 Å². The Hall–Kier alpha value is 3.19. The van der Waals surface area contributed by atoms with Gasteiger partial charge in [-0.2, -0.15) is 0 Å². The Balaban J connectivity index is -0.0000000450. The first-order chi connectivity index (χ1) is 5.20. The Labute approximate surface area is 132 Å². The van der Waals surface area contributed by atoms with Crippen molar-refractivity contribution >= 4 is 0 Å². The predicted molar refractivity (Wildman–Crippen MR) is 0 cm³/mol. The third-order valence-corrected chi connectivity index (χ3v) is 0. The third-order valence-electron chi connectivity index (χ3n) is 0. The van der Waals surface area contributed by atoms with Gasteiger partial charge in [-0.3, -0.25) is 0 Å². The van der Waals surface area contributed by atoms with Crippen LogP contribution in [0, 0.1) is 41.3 Å². The average Bonchev–Trinajstić information content (AvgIpc) is 1.54. The normalized spacial score (nSPS) is 8.31. The van der Waals surface area contributed by atoms with E-state index < -0.39 is 63.2 Å². The van der Waals surface area contributed by atoms with Crippen molar-refractivity contribution in [2.24, 2.45) is 0 Å². The molecular formula is I3O9Pr. The van der Waals surface area contributed by atoms with Gasteiger partial charge in [0, 0.05) is 0 Å². The molecule has 0 amide bonds. The van der Waals surface area contributed by atoms with Crippen molar-refractivity contribution < 1.29 is 135 Å². The number of halogens is 3. The van der Waals surface area contributed by atoms with Crippen molar-refractivity contribution in [2.75, 3.05) is 0 Å². The van der Waals surface area contributed by atoms with Crippen LogP contribution in [0.2, 0.25) is 0 Å². The fourth-order valence-electron chi connectivity index (χ4n) is 0. The molecule has 0 aromatic carbocycles. The Kier molecular flexibility index (Phi) is 39.8. The Morgan fingerprint density at radius 2 is 0.385 bits per heavy atom. The summed E-state index contributed by atoms with van der Waals surface area (Å²) in [6, 6.07) is 0. The summed E-state index contributed by atoms with van der Waals surface area (Å²) in [5.41, 5.74) is 0. The fraction of sp³-hybridized carbons (Fsp3) is 0. The van der Waals surface area contributed by atoms with Gasteiger partial charge in [0.15, 0.2) is 0 Å². The van der Waals surface area contributed by atoms with Crippen molar-refractivity contribution in [3.05, 3.63) is 0 Å². The monoisotopic (exact) mass is 666 g/mol. The molecule has 0 aromatic rings. The number of hydrogen-bond donors (Lipinski definition) is 0. The van der Waals surface area contributed by atoms with Gasteiger partial charge in [-0.1, -0.05) is 0 Å². The molecule has 0 atom stereocenters. The van der Waals surface area contributed by atoms with E-state index in [1.165, 1.54) is 0 Å². The minimum Gasteiger partial charge on any atom is -0.427 e. The van der Waals surface area contributed by atoms with Crippen LogP contribution in [0.4, 0.5) is 0 Å². The first-order valence-corrected chi connectivity index (χ1v) is 9.32. The molecule has 0 aliphatic heterocycles. The minimum atomic E-state index is -4.01. The third kappa shape index (κ3) is 259. The van der Waals surface area contributed by atoms with Crippen molar-refractivity contribution in [2.45, 2.75) is 0 Å². The molecule has 9 nitrogen and oxygen atoms in total. The summed E-state index contributed by atoms with van der Waals surface area (Å²) < 4.78 is 77.2. The molecule has 0 N–H and O–H groups in total. The zero-order chi connectivity index (χ0) is 10.7. The maximum absolute atomic E-state index is 8.57. The van der Waals surface area contributed by atoms with Crippen LogP contribution in [0.5, 0.6) is 0 Å². The van der Waals surface area contributed by atoms with Gasteiger partial charge in [0.1, 0.15) is 0 Å². The molecule has 0 saturated carbocycles. The molecule has 0 bridgehead atoms. The van der Waals surface area contributed by atoms with E-state index in [0.29, 0.717) is 0 Å². The number of hydrogen-bond acceptors (Lipinski definition) is 9. The SMILES string of the molecule is [O-][I+2]([O-])[O-].[O-][I+2]([O-])[O-].[O-][I+2]([O-])[O-].[Pr+3]. The molecule has 0 aliphatic rings. The summed E-state index contributed by atoms with van der Waals surface area (Å²) in [6.07, 6.45) is 0. The quantitative estimate of drug-likeness (QED) is 0.225. The molecule has 0 saturated heterocycles. The van der Waals surface area contributed by atoms with Gasteiger partial charge in [-0.15, -0.1) is 0 Å². The second kappa shape index (κ2) is 20.6. The zero-order valence-corrected chi connectivity index (χ0v) is 15.6. The molecule has 13 heteroatoms.